The van der Waals surface area contributed by atoms with Gasteiger partial charge in [0.1, 0.15) is 5.82 Å². The van der Waals surface area contributed by atoms with Crippen LogP contribution in [0, 0.1) is 16.3 Å². The number of carbonyl (C=O) groups is 1. The molecule has 3 nitrogen and oxygen atoms in total. The molecule has 0 bridgehead atoms. The second kappa shape index (κ2) is 7.40. The highest BCUT2D eigenvalue weighted by molar-refractivity contribution is 14.1. The lowest BCUT2D eigenvalue weighted by Crippen LogP contribution is -2.30. The molecule has 0 heterocycles. The van der Waals surface area contributed by atoms with Crippen LogP contribution in [0.2, 0.25) is 0 Å². The Hall–Kier alpha value is -1.63. The molecule has 0 unspecified atom stereocenters. The Bertz CT molecular complexity index is 646. The third-order valence-corrected chi connectivity index (χ3v) is 3.75. The third-order valence-electron chi connectivity index (χ3n) is 3.07. The number of amides is 2. The van der Waals surface area contributed by atoms with Gasteiger partial charge in [-0.1, -0.05) is 18.2 Å². The van der Waals surface area contributed by atoms with E-state index >= 15 is 0 Å². The summed E-state index contributed by atoms with van der Waals surface area (Å²) < 4.78 is 14.5. The van der Waals surface area contributed by atoms with Gasteiger partial charge in [-0.25, -0.2) is 9.18 Å². The molecule has 0 aliphatic heterocycles. The number of rotatable bonds is 4. The molecule has 2 aromatic rings. The van der Waals surface area contributed by atoms with Crippen molar-refractivity contribution in [1.82, 2.24) is 5.32 Å². The van der Waals surface area contributed by atoms with Crippen LogP contribution in [0.15, 0.2) is 42.5 Å². The number of aryl methyl sites for hydroxylation is 1. The van der Waals surface area contributed by atoms with E-state index in [-0.39, 0.29) is 11.8 Å². The molecule has 0 saturated carbocycles. The highest BCUT2D eigenvalue weighted by atomic mass is 127. The van der Waals surface area contributed by atoms with E-state index in [4.69, 9.17) is 0 Å². The summed E-state index contributed by atoms with van der Waals surface area (Å²) in [5, 5.41) is 5.52. The van der Waals surface area contributed by atoms with Crippen molar-refractivity contribution in [3.05, 3.63) is 63.0 Å². The van der Waals surface area contributed by atoms with Crippen LogP contribution >= 0.6 is 22.6 Å². The number of carbonyl (C=O) groups excluding carboxylic acids is 1. The molecule has 0 aromatic heterocycles. The monoisotopic (exact) mass is 398 g/mol. The quantitative estimate of drug-likeness (QED) is 0.749. The van der Waals surface area contributed by atoms with Gasteiger partial charge in [-0.3, -0.25) is 0 Å². The molecular weight excluding hydrogens is 382 g/mol. The number of hydrogen-bond acceptors (Lipinski definition) is 1. The molecule has 5 heteroatoms. The topological polar surface area (TPSA) is 41.1 Å². The van der Waals surface area contributed by atoms with Gasteiger partial charge in [0.15, 0.2) is 0 Å². The van der Waals surface area contributed by atoms with Gasteiger partial charge >= 0.3 is 6.03 Å². The maximum absolute atomic E-state index is 13.4. The fourth-order valence-electron chi connectivity index (χ4n) is 1.95. The minimum atomic E-state index is -0.282. The van der Waals surface area contributed by atoms with E-state index in [1.54, 1.807) is 18.2 Å². The maximum atomic E-state index is 13.4. The first kappa shape index (κ1) is 15.8. The van der Waals surface area contributed by atoms with E-state index in [9.17, 15) is 9.18 Å². The molecule has 2 N–H and O–H groups in total. The maximum Gasteiger partial charge on any atom is 0.319 e. The zero-order chi connectivity index (χ0) is 15.2. The van der Waals surface area contributed by atoms with Crippen molar-refractivity contribution in [2.75, 3.05) is 11.9 Å². The van der Waals surface area contributed by atoms with E-state index in [2.05, 4.69) is 33.2 Å². The van der Waals surface area contributed by atoms with Crippen LogP contribution in [0.5, 0.6) is 0 Å². The molecule has 0 aliphatic carbocycles. The normalized spacial score (nSPS) is 10.2. The van der Waals surface area contributed by atoms with Gasteiger partial charge in [0.05, 0.1) is 0 Å². The molecule has 21 heavy (non-hydrogen) atoms. The van der Waals surface area contributed by atoms with Gasteiger partial charge in [0.2, 0.25) is 0 Å². The molecule has 0 radical (unpaired) electrons. The summed E-state index contributed by atoms with van der Waals surface area (Å²) in [6.07, 6.45) is 0.464. The molecule has 0 atom stereocenters. The van der Waals surface area contributed by atoms with E-state index < -0.39 is 0 Å². The van der Waals surface area contributed by atoms with Crippen LogP contribution in [0.1, 0.15) is 11.1 Å². The number of halogens is 2. The van der Waals surface area contributed by atoms with Crippen LogP contribution in [-0.2, 0) is 6.42 Å². The smallest absolute Gasteiger partial charge is 0.319 e. The molecule has 0 saturated heterocycles. The Morgan fingerprint density at radius 3 is 2.71 bits per heavy atom. The number of benzene rings is 2. The second-order valence-corrected chi connectivity index (χ2v) is 5.93. The number of nitrogens with one attached hydrogen (secondary N) is 2. The summed E-state index contributed by atoms with van der Waals surface area (Å²) in [7, 11) is 0. The molecule has 2 aromatic carbocycles. The number of anilines is 1. The predicted octanol–water partition coefficient (Wildman–Crippen LogP) is 4.10. The van der Waals surface area contributed by atoms with Crippen LogP contribution in [-0.4, -0.2) is 12.6 Å². The lowest BCUT2D eigenvalue weighted by Gasteiger charge is -2.10. The van der Waals surface area contributed by atoms with Crippen molar-refractivity contribution in [3.63, 3.8) is 0 Å². The average molecular weight is 398 g/mol. The zero-order valence-electron chi connectivity index (χ0n) is 11.6. The molecule has 2 rings (SSSR count). The highest BCUT2D eigenvalue weighted by Crippen LogP contribution is 2.17. The molecule has 0 spiro atoms. The Kier molecular flexibility index (Phi) is 5.55. The molecule has 0 aliphatic rings. The second-order valence-electron chi connectivity index (χ2n) is 4.68. The predicted molar refractivity (Wildman–Crippen MR) is 91.0 cm³/mol. The van der Waals surface area contributed by atoms with Gasteiger partial charge in [-0.2, -0.15) is 0 Å². The fraction of sp³-hybridized carbons (Fsp3) is 0.188. The first-order valence-electron chi connectivity index (χ1n) is 6.60. The molecule has 0 fully saturated rings. The summed E-state index contributed by atoms with van der Waals surface area (Å²) in [5.74, 6) is -0.242. The van der Waals surface area contributed by atoms with E-state index in [0.717, 1.165) is 14.8 Å². The van der Waals surface area contributed by atoms with E-state index in [1.807, 2.05) is 25.1 Å². The summed E-state index contributed by atoms with van der Waals surface area (Å²) in [5.41, 5.74) is 2.38. The largest absolute Gasteiger partial charge is 0.338 e. The first-order valence-corrected chi connectivity index (χ1v) is 7.68. The average Bonchev–Trinajstić information content (AvgIpc) is 2.44. The highest BCUT2D eigenvalue weighted by Gasteiger charge is 2.05. The summed E-state index contributed by atoms with van der Waals surface area (Å²) in [6, 6.07) is 12.1. The van der Waals surface area contributed by atoms with Crippen LogP contribution in [0.25, 0.3) is 0 Å². The lowest BCUT2D eigenvalue weighted by molar-refractivity contribution is 0.252. The number of hydrogen-bond donors (Lipinski definition) is 2. The summed E-state index contributed by atoms with van der Waals surface area (Å²) >= 11 is 2.22. The van der Waals surface area contributed by atoms with E-state index in [1.165, 1.54) is 6.07 Å². The Labute approximate surface area is 137 Å². The van der Waals surface area contributed by atoms with Crippen LogP contribution in [0.3, 0.4) is 0 Å². The first-order chi connectivity index (χ1) is 10.1. The Morgan fingerprint density at radius 1 is 1.24 bits per heavy atom. The van der Waals surface area contributed by atoms with Crippen molar-refractivity contribution in [3.8, 4) is 0 Å². The molecular formula is C16H16FIN2O. The molecule has 2 amide bonds. The molecule has 110 valence electrons. The minimum absolute atomic E-state index is 0.242. The lowest BCUT2D eigenvalue weighted by atomic mass is 10.1. The fourth-order valence-corrected chi connectivity index (χ4v) is 2.59. The van der Waals surface area contributed by atoms with Gasteiger partial charge < -0.3 is 10.6 Å². The Morgan fingerprint density at radius 2 is 2.00 bits per heavy atom. The van der Waals surface area contributed by atoms with Crippen molar-refractivity contribution >= 4 is 34.3 Å². The minimum Gasteiger partial charge on any atom is -0.338 e. The Balaban J connectivity index is 1.84. The summed E-state index contributed by atoms with van der Waals surface area (Å²) in [6.45, 7) is 2.33. The van der Waals surface area contributed by atoms with Gasteiger partial charge in [-0.15, -0.1) is 0 Å². The van der Waals surface area contributed by atoms with Crippen molar-refractivity contribution in [2.24, 2.45) is 0 Å². The zero-order valence-corrected chi connectivity index (χ0v) is 13.8. The van der Waals surface area contributed by atoms with E-state index in [0.29, 0.717) is 18.5 Å². The van der Waals surface area contributed by atoms with Gasteiger partial charge in [-0.05, 0) is 71.3 Å². The standard InChI is InChI=1S/C16H16FIN2O/c1-11-10-13(18)6-7-15(11)20-16(21)19-9-8-12-4-2-3-5-14(12)17/h2-7,10H,8-9H2,1H3,(H2,19,20,21). The number of urea groups is 1. The summed E-state index contributed by atoms with van der Waals surface area (Å²) in [4.78, 5) is 11.8. The van der Waals surface area contributed by atoms with Crippen molar-refractivity contribution in [1.29, 1.82) is 0 Å². The third kappa shape index (κ3) is 4.70. The van der Waals surface area contributed by atoms with Gasteiger partial charge in [0.25, 0.3) is 0 Å². The van der Waals surface area contributed by atoms with Crippen LogP contribution in [0.4, 0.5) is 14.9 Å². The van der Waals surface area contributed by atoms with Gasteiger partial charge in [0, 0.05) is 15.8 Å². The van der Waals surface area contributed by atoms with Crippen molar-refractivity contribution in [2.45, 2.75) is 13.3 Å². The van der Waals surface area contributed by atoms with Crippen molar-refractivity contribution < 1.29 is 9.18 Å². The SMILES string of the molecule is Cc1cc(I)ccc1NC(=O)NCCc1ccccc1F. The van der Waals surface area contributed by atoms with Crippen LogP contribution < -0.4 is 10.6 Å².